The van der Waals surface area contributed by atoms with Gasteiger partial charge in [-0.1, -0.05) is 0 Å². The first kappa shape index (κ1) is 16.2. The van der Waals surface area contributed by atoms with Gasteiger partial charge in [0.05, 0.1) is 23.0 Å². The monoisotopic (exact) mass is 312 g/mol. The first-order valence-corrected chi connectivity index (χ1v) is 7.89. The van der Waals surface area contributed by atoms with Crippen LogP contribution in [0.15, 0.2) is 12.1 Å². The topological polar surface area (TPSA) is 27.1 Å². The highest BCUT2D eigenvalue weighted by molar-refractivity contribution is 6.16. The molecule has 2 aromatic rings. The number of imidazole rings is 1. The molecule has 0 aliphatic carbocycles. The van der Waals surface area contributed by atoms with Crippen molar-refractivity contribution in [2.75, 3.05) is 6.61 Å². The lowest BCUT2D eigenvalue weighted by molar-refractivity contribution is 0.0754. The first-order valence-electron chi connectivity index (χ1n) is 7.35. The second-order valence-electron chi connectivity index (χ2n) is 5.53. The zero-order valence-electron chi connectivity index (χ0n) is 12.8. The normalized spacial score (nSPS) is 11.7. The quantitative estimate of drug-likeness (QED) is 0.558. The Bertz CT molecular complexity index is 610. The van der Waals surface area contributed by atoms with Crippen LogP contribution in [0.2, 0.25) is 0 Å². The van der Waals surface area contributed by atoms with E-state index in [0.29, 0.717) is 17.0 Å². The lowest BCUT2D eigenvalue weighted by Gasteiger charge is -2.10. The molecule has 116 valence electrons. The van der Waals surface area contributed by atoms with Crippen LogP contribution in [0.5, 0.6) is 0 Å². The van der Waals surface area contributed by atoms with Crippen molar-refractivity contribution < 1.29 is 9.13 Å². The average Bonchev–Trinajstić information content (AvgIpc) is 2.76. The van der Waals surface area contributed by atoms with Crippen LogP contribution in [0.4, 0.5) is 4.39 Å². The van der Waals surface area contributed by atoms with E-state index < -0.39 is 0 Å². The van der Waals surface area contributed by atoms with Crippen LogP contribution in [0.1, 0.15) is 38.1 Å². The molecule has 5 heteroatoms. The molecule has 1 heterocycles. The van der Waals surface area contributed by atoms with Crippen molar-refractivity contribution in [1.82, 2.24) is 9.55 Å². The van der Waals surface area contributed by atoms with Crippen LogP contribution < -0.4 is 0 Å². The van der Waals surface area contributed by atoms with Crippen molar-refractivity contribution in [2.45, 2.75) is 52.1 Å². The van der Waals surface area contributed by atoms with Gasteiger partial charge in [-0.15, -0.1) is 11.6 Å². The van der Waals surface area contributed by atoms with Crippen molar-refractivity contribution in [1.29, 1.82) is 0 Å². The molecule has 3 nitrogen and oxygen atoms in total. The van der Waals surface area contributed by atoms with E-state index in [1.807, 2.05) is 19.9 Å². The van der Waals surface area contributed by atoms with Crippen LogP contribution in [-0.2, 0) is 17.2 Å². The first-order chi connectivity index (χ1) is 10.0. The molecule has 2 rings (SSSR count). The van der Waals surface area contributed by atoms with Crippen LogP contribution in [-0.4, -0.2) is 22.3 Å². The SMILES string of the molecule is Cc1cc2c(cc1F)nc(CCl)n2CCCCOC(C)C. The summed E-state index contributed by atoms with van der Waals surface area (Å²) in [4.78, 5) is 4.42. The van der Waals surface area contributed by atoms with Gasteiger partial charge < -0.3 is 9.30 Å². The van der Waals surface area contributed by atoms with Gasteiger partial charge in [-0.05, 0) is 45.2 Å². The van der Waals surface area contributed by atoms with Crippen LogP contribution in [0.3, 0.4) is 0 Å². The van der Waals surface area contributed by atoms with Gasteiger partial charge in [0.25, 0.3) is 0 Å². The molecular formula is C16H22ClFN2O. The fraction of sp³-hybridized carbons (Fsp3) is 0.562. The van der Waals surface area contributed by atoms with Gasteiger partial charge in [-0.25, -0.2) is 9.37 Å². The number of hydrogen-bond acceptors (Lipinski definition) is 2. The van der Waals surface area contributed by atoms with Gasteiger partial charge in [-0.2, -0.15) is 0 Å². The standard InChI is InChI=1S/C16H22ClFN2O/c1-11(2)21-7-5-4-6-20-15-8-12(3)13(18)9-14(15)19-16(20)10-17/h8-9,11H,4-7,10H2,1-3H3. The maximum absolute atomic E-state index is 13.6. The maximum atomic E-state index is 13.6. The lowest BCUT2D eigenvalue weighted by Crippen LogP contribution is -2.07. The number of halogens is 2. The van der Waals surface area contributed by atoms with E-state index in [1.165, 1.54) is 6.07 Å². The molecule has 0 radical (unpaired) electrons. The summed E-state index contributed by atoms with van der Waals surface area (Å²) in [6.45, 7) is 7.42. The molecular weight excluding hydrogens is 291 g/mol. The Morgan fingerprint density at radius 2 is 2.10 bits per heavy atom. The van der Waals surface area contributed by atoms with Crippen molar-refractivity contribution in [2.24, 2.45) is 0 Å². The third-order valence-electron chi connectivity index (χ3n) is 3.45. The molecule has 0 spiro atoms. The Morgan fingerprint density at radius 1 is 1.33 bits per heavy atom. The van der Waals surface area contributed by atoms with Gasteiger partial charge in [0, 0.05) is 19.2 Å². The van der Waals surface area contributed by atoms with E-state index >= 15 is 0 Å². The summed E-state index contributed by atoms with van der Waals surface area (Å²) in [6, 6.07) is 3.33. The molecule has 0 aliphatic rings. The highest BCUT2D eigenvalue weighted by atomic mass is 35.5. The second kappa shape index (κ2) is 7.23. The molecule has 0 saturated carbocycles. The van der Waals surface area contributed by atoms with E-state index in [9.17, 15) is 4.39 Å². The van der Waals surface area contributed by atoms with Gasteiger partial charge in [0.15, 0.2) is 0 Å². The summed E-state index contributed by atoms with van der Waals surface area (Å²) in [6.07, 6.45) is 2.24. The number of fused-ring (bicyclic) bond motifs is 1. The highest BCUT2D eigenvalue weighted by Crippen LogP contribution is 2.22. The fourth-order valence-electron chi connectivity index (χ4n) is 2.34. The summed E-state index contributed by atoms with van der Waals surface area (Å²) in [5, 5.41) is 0. The predicted molar refractivity (Wildman–Crippen MR) is 84.3 cm³/mol. The molecule has 1 aromatic carbocycles. The van der Waals surface area contributed by atoms with Crippen molar-refractivity contribution >= 4 is 22.6 Å². The molecule has 0 N–H and O–H groups in total. The number of aryl methyl sites for hydroxylation is 2. The Hall–Kier alpha value is -1.13. The number of nitrogens with zero attached hydrogens (tertiary/aromatic N) is 2. The summed E-state index contributed by atoms with van der Waals surface area (Å²) in [5.41, 5.74) is 2.26. The van der Waals surface area contributed by atoms with Crippen molar-refractivity contribution in [3.63, 3.8) is 0 Å². The van der Waals surface area contributed by atoms with Crippen LogP contribution in [0, 0.1) is 12.7 Å². The Labute approximate surface area is 130 Å². The van der Waals surface area contributed by atoms with Gasteiger partial charge >= 0.3 is 0 Å². The number of unbranched alkanes of at least 4 members (excludes halogenated alkanes) is 1. The van der Waals surface area contributed by atoms with E-state index in [1.54, 1.807) is 6.92 Å². The van der Waals surface area contributed by atoms with Gasteiger partial charge in [0.2, 0.25) is 0 Å². The summed E-state index contributed by atoms with van der Waals surface area (Å²) in [5.74, 6) is 0.901. The molecule has 0 unspecified atom stereocenters. The molecule has 0 amide bonds. The van der Waals surface area contributed by atoms with Crippen molar-refractivity contribution in [3.05, 3.63) is 29.3 Å². The largest absolute Gasteiger partial charge is 0.379 e. The summed E-state index contributed by atoms with van der Waals surface area (Å²) >= 11 is 5.96. The lowest BCUT2D eigenvalue weighted by atomic mass is 10.2. The van der Waals surface area contributed by atoms with E-state index in [4.69, 9.17) is 16.3 Å². The summed E-state index contributed by atoms with van der Waals surface area (Å²) < 4.78 is 21.2. The molecule has 0 aliphatic heterocycles. The number of ether oxygens (including phenoxy) is 1. The Balaban J connectivity index is 2.12. The van der Waals surface area contributed by atoms with Crippen molar-refractivity contribution in [3.8, 4) is 0 Å². The third-order valence-corrected chi connectivity index (χ3v) is 3.69. The number of rotatable bonds is 7. The minimum Gasteiger partial charge on any atom is -0.379 e. The highest BCUT2D eigenvalue weighted by Gasteiger charge is 2.12. The number of aromatic nitrogens is 2. The minimum absolute atomic E-state index is 0.224. The van der Waals surface area contributed by atoms with Gasteiger partial charge in [-0.3, -0.25) is 0 Å². The molecule has 21 heavy (non-hydrogen) atoms. The van der Waals surface area contributed by atoms with E-state index in [-0.39, 0.29) is 11.9 Å². The zero-order valence-corrected chi connectivity index (χ0v) is 13.6. The fourth-order valence-corrected chi connectivity index (χ4v) is 2.55. The predicted octanol–water partition coefficient (Wildman–Crippen LogP) is 4.43. The minimum atomic E-state index is -0.224. The molecule has 1 aromatic heterocycles. The number of alkyl halides is 1. The average molecular weight is 313 g/mol. The van der Waals surface area contributed by atoms with E-state index in [2.05, 4.69) is 9.55 Å². The molecule has 0 saturated heterocycles. The number of hydrogen-bond donors (Lipinski definition) is 0. The van der Waals surface area contributed by atoms with E-state index in [0.717, 1.165) is 37.3 Å². The zero-order chi connectivity index (χ0) is 15.4. The van der Waals surface area contributed by atoms with Crippen LogP contribution in [0.25, 0.3) is 11.0 Å². The smallest absolute Gasteiger partial charge is 0.128 e. The third kappa shape index (κ3) is 3.95. The number of benzene rings is 1. The maximum Gasteiger partial charge on any atom is 0.128 e. The molecule has 0 fully saturated rings. The second-order valence-corrected chi connectivity index (χ2v) is 5.80. The summed E-state index contributed by atoms with van der Waals surface area (Å²) in [7, 11) is 0. The molecule has 0 atom stereocenters. The van der Waals surface area contributed by atoms with Gasteiger partial charge in [0.1, 0.15) is 11.6 Å². The molecule has 0 bridgehead atoms. The Morgan fingerprint density at radius 3 is 2.76 bits per heavy atom. The van der Waals surface area contributed by atoms with Crippen LogP contribution >= 0.6 is 11.6 Å². The Kier molecular flexibility index (Phi) is 5.59.